The van der Waals surface area contributed by atoms with E-state index in [1.165, 1.54) is 0 Å². The number of rotatable bonds is 9. The summed E-state index contributed by atoms with van der Waals surface area (Å²) in [5, 5.41) is 10.3. The summed E-state index contributed by atoms with van der Waals surface area (Å²) in [6.07, 6.45) is 2.43. The van der Waals surface area contributed by atoms with Crippen LogP contribution in [0.2, 0.25) is 0 Å². The predicted octanol–water partition coefficient (Wildman–Crippen LogP) is 5.40. The second kappa shape index (κ2) is 11.5. The van der Waals surface area contributed by atoms with E-state index in [1.807, 2.05) is 105 Å². The molecule has 0 aliphatic rings. The van der Waals surface area contributed by atoms with Gasteiger partial charge in [0.05, 0.1) is 16.9 Å². The van der Waals surface area contributed by atoms with Crippen LogP contribution in [-0.2, 0) is 11.1 Å². The fourth-order valence-electron chi connectivity index (χ4n) is 4.03. The molecule has 2 aromatic heterocycles. The molecule has 0 saturated carbocycles. The number of aliphatic hydroxyl groups is 1. The molecule has 1 N–H and O–H groups in total. The van der Waals surface area contributed by atoms with Crippen molar-refractivity contribution in [2.24, 2.45) is 0 Å². The van der Waals surface area contributed by atoms with E-state index in [0.29, 0.717) is 31.4 Å². The predicted molar refractivity (Wildman–Crippen MR) is 161 cm³/mol. The highest BCUT2D eigenvalue weighted by molar-refractivity contribution is 6.47. The molecule has 5 aromatic rings. The van der Waals surface area contributed by atoms with Crippen LogP contribution in [0.5, 0.6) is 0 Å². The number of benzene rings is 3. The minimum absolute atomic E-state index is 0.415. The SMILES string of the molecule is CC(C)(O)C(C)(C)OBc1ccc(-c2ccc(-c3nc(Cc4ccccc4)nc(-c4ccccc4)n3)cn2)cc1. The van der Waals surface area contributed by atoms with Crippen molar-refractivity contribution in [3.8, 4) is 34.0 Å². The Morgan fingerprint density at radius 1 is 0.675 bits per heavy atom. The number of hydrogen-bond donors (Lipinski definition) is 1. The molecule has 5 rings (SSSR count). The first kappa shape index (κ1) is 27.4. The van der Waals surface area contributed by atoms with Crippen molar-refractivity contribution in [1.29, 1.82) is 0 Å². The Balaban J connectivity index is 1.37. The van der Waals surface area contributed by atoms with Gasteiger partial charge in [0.25, 0.3) is 0 Å². The van der Waals surface area contributed by atoms with Crippen molar-refractivity contribution < 1.29 is 9.76 Å². The molecule has 6 nitrogen and oxygen atoms in total. The molecule has 0 spiro atoms. The van der Waals surface area contributed by atoms with Crippen molar-refractivity contribution >= 4 is 12.9 Å². The van der Waals surface area contributed by atoms with Crippen molar-refractivity contribution in [1.82, 2.24) is 19.9 Å². The Bertz CT molecular complexity index is 1550. The summed E-state index contributed by atoms with van der Waals surface area (Å²) in [6, 6.07) is 32.3. The highest BCUT2D eigenvalue weighted by Gasteiger charge is 2.35. The van der Waals surface area contributed by atoms with E-state index < -0.39 is 11.2 Å². The van der Waals surface area contributed by atoms with Crippen LogP contribution in [0.1, 0.15) is 39.1 Å². The fraction of sp³-hybridized carbons (Fsp3) is 0.212. The van der Waals surface area contributed by atoms with Gasteiger partial charge in [-0.05, 0) is 45.4 Å². The average Bonchev–Trinajstić information content (AvgIpc) is 2.97. The normalized spacial score (nSPS) is 11.8. The van der Waals surface area contributed by atoms with Crippen LogP contribution in [0, 0.1) is 0 Å². The zero-order valence-corrected chi connectivity index (χ0v) is 23.4. The van der Waals surface area contributed by atoms with E-state index in [9.17, 15) is 5.11 Å². The molecule has 7 heteroatoms. The van der Waals surface area contributed by atoms with Crippen LogP contribution < -0.4 is 5.46 Å². The molecular weight excluding hydrogens is 495 g/mol. The van der Waals surface area contributed by atoms with Crippen molar-refractivity contribution in [3.63, 3.8) is 0 Å². The molecule has 0 aliphatic carbocycles. The average molecular weight is 528 g/mol. The molecule has 0 atom stereocenters. The van der Waals surface area contributed by atoms with Crippen molar-refractivity contribution in [2.75, 3.05) is 0 Å². The molecule has 200 valence electrons. The van der Waals surface area contributed by atoms with Gasteiger partial charge in [0.2, 0.25) is 0 Å². The van der Waals surface area contributed by atoms with Crippen LogP contribution in [0.4, 0.5) is 0 Å². The van der Waals surface area contributed by atoms with Gasteiger partial charge in [-0.15, -0.1) is 0 Å². The lowest BCUT2D eigenvalue weighted by Gasteiger charge is -2.37. The third kappa shape index (κ3) is 6.50. The molecule has 40 heavy (non-hydrogen) atoms. The standard InChI is InChI=1S/C33H33BN4O2/c1-32(2,39)33(3,4)40-34-27-18-15-24(16-19-27)28-20-17-26(22-35-28)31-37-29(21-23-11-7-5-8-12-23)36-30(38-31)25-13-9-6-10-14-25/h5-20,22,34,39H,21H2,1-4H3. The van der Waals surface area contributed by atoms with E-state index >= 15 is 0 Å². The Hall–Kier alpha value is -4.20. The largest absolute Gasteiger partial charge is 0.427 e. The topological polar surface area (TPSA) is 81.0 Å². The van der Waals surface area contributed by atoms with Crippen molar-refractivity contribution in [3.05, 3.63) is 115 Å². The number of aromatic nitrogens is 4. The second-order valence-corrected chi connectivity index (χ2v) is 10.9. The first-order chi connectivity index (χ1) is 19.2. The maximum absolute atomic E-state index is 10.3. The molecule has 0 saturated heterocycles. The number of nitrogens with zero attached hydrogens (tertiary/aromatic N) is 4. The minimum atomic E-state index is -0.943. The fourth-order valence-corrected chi connectivity index (χ4v) is 4.03. The van der Waals surface area contributed by atoms with Crippen LogP contribution in [0.15, 0.2) is 103 Å². The van der Waals surface area contributed by atoms with Gasteiger partial charge in [-0.1, -0.05) is 90.4 Å². The molecule has 0 radical (unpaired) electrons. The Labute approximate surface area is 236 Å². The van der Waals surface area contributed by atoms with Gasteiger partial charge in [0.15, 0.2) is 11.6 Å². The summed E-state index contributed by atoms with van der Waals surface area (Å²) in [5.74, 6) is 1.96. The molecule has 0 fully saturated rings. The van der Waals surface area contributed by atoms with E-state index in [4.69, 9.17) is 24.6 Å². The summed E-state index contributed by atoms with van der Waals surface area (Å²) < 4.78 is 5.99. The summed E-state index contributed by atoms with van der Waals surface area (Å²) in [7, 11) is 0.415. The summed E-state index contributed by atoms with van der Waals surface area (Å²) in [6.45, 7) is 7.31. The van der Waals surface area contributed by atoms with E-state index in [-0.39, 0.29) is 0 Å². The smallest absolute Gasteiger partial charge is 0.309 e. The zero-order chi connectivity index (χ0) is 28.2. The van der Waals surface area contributed by atoms with E-state index in [1.54, 1.807) is 13.8 Å². The van der Waals surface area contributed by atoms with Gasteiger partial charge in [0.1, 0.15) is 5.82 Å². The third-order valence-corrected chi connectivity index (χ3v) is 7.26. The molecule has 0 bridgehead atoms. The molecular formula is C33H33BN4O2. The first-order valence-corrected chi connectivity index (χ1v) is 13.4. The van der Waals surface area contributed by atoms with Gasteiger partial charge in [-0.3, -0.25) is 4.98 Å². The summed E-state index contributed by atoms with van der Waals surface area (Å²) in [5.41, 5.74) is 4.20. The molecule has 0 unspecified atom stereocenters. The van der Waals surface area contributed by atoms with Gasteiger partial charge < -0.3 is 9.76 Å². The highest BCUT2D eigenvalue weighted by Crippen LogP contribution is 2.25. The molecule has 3 aromatic carbocycles. The second-order valence-electron chi connectivity index (χ2n) is 10.9. The molecule has 0 aliphatic heterocycles. The molecule has 2 heterocycles. The summed E-state index contributed by atoms with van der Waals surface area (Å²) in [4.78, 5) is 19.1. The number of pyridine rings is 1. The lowest BCUT2D eigenvalue weighted by molar-refractivity contribution is -0.0893. The maximum atomic E-state index is 10.3. The first-order valence-electron chi connectivity index (χ1n) is 13.4. The van der Waals surface area contributed by atoms with Gasteiger partial charge in [0, 0.05) is 29.3 Å². The summed E-state index contributed by atoms with van der Waals surface area (Å²) >= 11 is 0. The van der Waals surface area contributed by atoms with Crippen LogP contribution >= 0.6 is 0 Å². The quantitative estimate of drug-likeness (QED) is 0.258. The van der Waals surface area contributed by atoms with E-state index in [2.05, 4.69) is 12.1 Å². The Kier molecular flexibility index (Phi) is 7.87. The van der Waals surface area contributed by atoms with Gasteiger partial charge >= 0.3 is 7.48 Å². The lowest BCUT2D eigenvalue weighted by atomic mass is 9.82. The van der Waals surface area contributed by atoms with Crippen LogP contribution in [-0.4, -0.2) is 43.7 Å². The molecule has 0 amide bonds. The maximum Gasteiger partial charge on any atom is 0.309 e. The van der Waals surface area contributed by atoms with Gasteiger partial charge in [-0.25, -0.2) is 15.0 Å². The number of hydrogen-bond acceptors (Lipinski definition) is 6. The zero-order valence-electron chi connectivity index (χ0n) is 23.4. The van der Waals surface area contributed by atoms with Gasteiger partial charge in [-0.2, -0.15) is 0 Å². The van der Waals surface area contributed by atoms with Crippen LogP contribution in [0.25, 0.3) is 34.0 Å². The minimum Gasteiger partial charge on any atom is -0.427 e. The van der Waals surface area contributed by atoms with Crippen molar-refractivity contribution in [2.45, 2.75) is 45.3 Å². The Morgan fingerprint density at radius 2 is 1.27 bits per heavy atom. The third-order valence-electron chi connectivity index (χ3n) is 7.26. The Morgan fingerprint density at radius 3 is 1.88 bits per heavy atom. The highest BCUT2D eigenvalue weighted by atomic mass is 16.5. The monoisotopic (exact) mass is 528 g/mol. The van der Waals surface area contributed by atoms with Crippen LogP contribution in [0.3, 0.4) is 0 Å². The lowest BCUT2D eigenvalue weighted by Crippen LogP contribution is -2.49. The van der Waals surface area contributed by atoms with E-state index in [0.717, 1.165) is 33.4 Å².